The summed E-state index contributed by atoms with van der Waals surface area (Å²) in [6.07, 6.45) is 3.86. The molecule has 1 saturated heterocycles. The lowest BCUT2D eigenvalue weighted by atomic mass is 10.0. The van der Waals surface area contributed by atoms with Crippen molar-refractivity contribution in [2.24, 2.45) is 0 Å². The van der Waals surface area contributed by atoms with Crippen molar-refractivity contribution in [3.05, 3.63) is 54.1 Å². The predicted molar refractivity (Wildman–Crippen MR) is 106 cm³/mol. The Labute approximate surface area is 163 Å². The average Bonchev–Trinajstić information content (AvgIpc) is 3.28. The van der Waals surface area contributed by atoms with Crippen molar-refractivity contribution in [1.82, 2.24) is 25.2 Å². The summed E-state index contributed by atoms with van der Waals surface area (Å²) in [6, 6.07) is 15.2. The molecule has 3 aromatic rings. The van der Waals surface area contributed by atoms with Gasteiger partial charge in [-0.1, -0.05) is 24.3 Å². The van der Waals surface area contributed by atoms with Crippen molar-refractivity contribution in [3.63, 3.8) is 0 Å². The van der Waals surface area contributed by atoms with E-state index in [4.69, 9.17) is 0 Å². The molecule has 1 aromatic heterocycles. The molecule has 0 bridgehead atoms. The summed E-state index contributed by atoms with van der Waals surface area (Å²) < 4.78 is 1.76. The van der Waals surface area contributed by atoms with Crippen LogP contribution < -0.4 is 5.32 Å². The molecule has 1 aliphatic rings. The number of carbonyl (C=O) groups excluding carboxylic acids is 1. The van der Waals surface area contributed by atoms with Crippen LogP contribution in [0.4, 0.5) is 0 Å². The minimum absolute atomic E-state index is 0.0221. The SMILES string of the molecule is CC[C@@H]1[C@H](NC(=O)c2ccc(-n3nnc4ccccc43)cc2)C[C@H](C)N1C#N. The Hall–Kier alpha value is -3.40. The van der Waals surface area contributed by atoms with Crippen LogP contribution in [-0.4, -0.2) is 43.9 Å². The third kappa shape index (κ3) is 3.07. The molecule has 1 aliphatic heterocycles. The first-order valence-corrected chi connectivity index (χ1v) is 9.52. The van der Waals surface area contributed by atoms with Crippen LogP contribution in [0.15, 0.2) is 48.5 Å². The third-order valence-corrected chi connectivity index (χ3v) is 5.47. The summed E-state index contributed by atoms with van der Waals surface area (Å²) >= 11 is 0. The van der Waals surface area contributed by atoms with E-state index in [1.165, 1.54) is 0 Å². The van der Waals surface area contributed by atoms with E-state index in [-0.39, 0.29) is 24.0 Å². The van der Waals surface area contributed by atoms with Gasteiger partial charge in [-0.15, -0.1) is 5.10 Å². The van der Waals surface area contributed by atoms with Crippen LogP contribution in [0.3, 0.4) is 0 Å². The quantitative estimate of drug-likeness (QED) is 0.710. The van der Waals surface area contributed by atoms with Gasteiger partial charge in [-0.2, -0.15) is 5.26 Å². The highest BCUT2D eigenvalue weighted by Gasteiger charge is 2.38. The molecule has 1 N–H and O–H groups in total. The Kier molecular flexibility index (Phi) is 4.70. The fourth-order valence-corrected chi connectivity index (χ4v) is 4.03. The monoisotopic (exact) mass is 374 g/mol. The molecule has 2 aromatic carbocycles. The number of amides is 1. The van der Waals surface area contributed by atoms with Crippen molar-refractivity contribution < 1.29 is 4.79 Å². The van der Waals surface area contributed by atoms with Gasteiger partial charge in [-0.3, -0.25) is 4.79 Å². The van der Waals surface area contributed by atoms with Crippen LogP contribution in [0, 0.1) is 11.5 Å². The van der Waals surface area contributed by atoms with Gasteiger partial charge in [0.15, 0.2) is 6.19 Å². The number of nitriles is 1. The Bertz CT molecular complexity index is 1030. The van der Waals surface area contributed by atoms with Crippen molar-refractivity contribution in [2.75, 3.05) is 0 Å². The Morgan fingerprint density at radius 1 is 1.25 bits per heavy atom. The smallest absolute Gasteiger partial charge is 0.251 e. The third-order valence-electron chi connectivity index (χ3n) is 5.47. The Morgan fingerprint density at radius 2 is 2.00 bits per heavy atom. The zero-order chi connectivity index (χ0) is 19.7. The molecule has 142 valence electrons. The number of para-hydroxylation sites is 1. The standard InChI is InChI=1S/C21H22N6O/c1-3-19-18(12-14(2)26(19)13-22)23-21(28)15-8-10-16(11-9-15)27-20-7-5-4-6-17(20)24-25-27/h4-11,14,18-19H,3,12H2,1-2H3,(H,23,28)/t14-,18+,19+/m0/s1. The number of benzene rings is 2. The van der Waals surface area contributed by atoms with E-state index in [9.17, 15) is 10.1 Å². The number of likely N-dealkylation sites (tertiary alicyclic amines) is 1. The van der Waals surface area contributed by atoms with Gasteiger partial charge in [0.25, 0.3) is 5.91 Å². The van der Waals surface area contributed by atoms with Gasteiger partial charge in [0.1, 0.15) is 5.52 Å². The lowest BCUT2D eigenvalue weighted by molar-refractivity contribution is 0.0928. The number of rotatable bonds is 4. The Balaban J connectivity index is 1.51. The fourth-order valence-electron chi connectivity index (χ4n) is 4.03. The summed E-state index contributed by atoms with van der Waals surface area (Å²) in [6.45, 7) is 4.07. The van der Waals surface area contributed by atoms with Gasteiger partial charge < -0.3 is 10.2 Å². The first-order chi connectivity index (χ1) is 13.6. The molecule has 0 spiro atoms. The number of fused-ring (bicyclic) bond motifs is 1. The summed E-state index contributed by atoms with van der Waals surface area (Å²) in [7, 11) is 0. The molecule has 0 saturated carbocycles. The van der Waals surface area contributed by atoms with E-state index in [0.29, 0.717) is 5.56 Å². The second-order valence-electron chi connectivity index (χ2n) is 7.18. The number of hydrogen-bond donors (Lipinski definition) is 1. The molecule has 4 rings (SSSR count). The summed E-state index contributed by atoms with van der Waals surface area (Å²) in [4.78, 5) is 14.5. The van der Waals surface area contributed by atoms with Crippen molar-refractivity contribution in [1.29, 1.82) is 5.26 Å². The van der Waals surface area contributed by atoms with Gasteiger partial charge in [0, 0.05) is 11.6 Å². The topological polar surface area (TPSA) is 86.8 Å². The first-order valence-electron chi connectivity index (χ1n) is 9.52. The number of nitrogens with zero attached hydrogens (tertiary/aromatic N) is 5. The summed E-state index contributed by atoms with van der Waals surface area (Å²) in [5, 5.41) is 20.8. The van der Waals surface area contributed by atoms with Crippen LogP contribution in [0.1, 0.15) is 37.0 Å². The highest BCUT2D eigenvalue weighted by atomic mass is 16.1. The molecule has 28 heavy (non-hydrogen) atoms. The van der Waals surface area contributed by atoms with Crippen LogP contribution in [0.2, 0.25) is 0 Å². The largest absolute Gasteiger partial charge is 0.347 e. The Morgan fingerprint density at radius 3 is 2.71 bits per heavy atom. The summed E-state index contributed by atoms with van der Waals surface area (Å²) in [5.74, 6) is -0.120. The lowest BCUT2D eigenvalue weighted by Crippen LogP contribution is -2.43. The molecule has 1 amide bonds. The first kappa shape index (κ1) is 18.0. The van der Waals surface area contributed by atoms with Crippen LogP contribution >= 0.6 is 0 Å². The van der Waals surface area contributed by atoms with E-state index in [0.717, 1.165) is 29.6 Å². The van der Waals surface area contributed by atoms with Crippen molar-refractivity contribution >= 4 is 16.9 Å². The second-order valence-corrected chi connectivity index (χ2v) is 7.18. The maximum Gasteiger partial charge on any atom is 0.251 e. The average molecular weight is 374 g/mol. The molecule has 0 aliphatic carbocycles. The molecule has 1 fully saturated rings. The number of nitrogens with one attached hydrogen (secondary N) is 1. The van der Waals surface area contributed by atoms with Crippen molar-refractivity contribution in [2.45, 2.75) is 44.8 Å². The minimum atomic E-state index is -0.120. The molecular weight excluding hydrogens is 352 g/mol. The van der Waals surface area contributed by atoms with Gasteiger partial charge in [-0.05, 0) is 56.2 Å². The molecule has 7 heteroatoms. The molecule has 0 radical (unpaired) electrons. The van der Waals surface area contributed by atoms with E-state index in [2.05, 4.69) is 21.8 Å². The van der Waals surface area contributed by atoms with Crippen LogP contribution in [0.25, 0.3) is 16.7 Å². The number of aromatic nitrogens is 3. The maximum absolute atomic E-state index is 12.7. The second kappa shape index (κ2) is 7.31. The zero-order valence-electron chi connectivity index (χ0n) is 15.9. The molecule has 2 heterocycles. The fraction of sp³-hybridized carbons (Fsp3) is 0.333. The molecule has 7 nitrogen and oxygen atoms in total. The molecule has 0 unspecified atom stereocenters. The van der Waals surface area contributed by atoms with Crippen LogP contribution in [0.5, 0.6) is 0 Å². The summed E-state index contributed by atoms with van der Waals surface area (Å²) in [5.41, 5.74) is 3.18. The van der Waals surface area contributed by atoms with Gasteiger partial charge in [-0.25, -0.2) is 4.68 Å². The van der Waals surface area contributed by atoms with Crippen molar-refractivity contribution in [3.8, 4) is 11.9 Å². The highest BCUT2D eigenvalue weighted by Crippen LogP contribution is 2.26. The lowest BCUT2D eigenvalue weighted by Gasteiger charge is -2.24. The van der Waals surface area contributed by atoms with E-state index in [1.54, 1.807) is 21.7 Å². The van der Waals surface area contributed by atoms with Crippen LogP contribution in [-0.2, 0) is 0 Å². The maximum atomic E-state index is 12.7. The molecule has 3 atom stereocenters. The van der Waals surface area contributed by atoms with E-state index in [1.807, 2.05) is 50.2 Å². The number of hydrogen-bond acceptors (Lipinski definition) is 5. The van der Waals surface area contributed by atoms with E-state index >= 15 is 0 Å². The predicted octanol–water partition coefficient (Wildman–Crippen LogP) is 2.87. The highest BCUT2D eigenvalue weighted by molar-refractivity contribution is 5.94. The molecular formula is C21H22N6O. The minimum Gasteiger partial charge on any atom is -0.347 e. The van der Waals surface area contributed by atoms with Gasteiger partial charge >= 0.3 is 0 Å². The van der Waals surface area contributed by atoms with E-state index < -0.39 is 0 Å². The zero-order valence-corrected chi connectivity index (χ0v) is 15.9. The van der Waals surface area contributed by atoms with Gasteiger partial charge in [0.05, 0.1) is 23.3 Å². The van der Waals surface area contributed by atoms with Gasteiger partial charge in [0.2, 0.25) is 0 Å². The number of carbonyl (C=O) groups is 1. The normalized spacial score (nSPS) is 21.6.